The molecule has 0 aromatic heterocycles. The van der Waals surface area contributed by atoms with Crippen molar-refractivity contribution in [2.45, 2.75) is 11.1 Å². The molecule has 35 heavy (non-hydrogen) atoms. The van der Waals surface area contributed by atoms with Gasteiger partial charge in [-0.3, -0.25) is 4.31 Å². The van der Waals surface area contributed by atoms with E-state index in [9.17, 15) is 30.4 Å². The molecule has 0 aliphatic carbocycles. The minimum Gasteiger partial charge on any atom is -0.487 e. The van der Waals surface area contributed by atoms with E-state index in [1.807, 2.05) is 0 Å². The summed E-state index contributed by atoms with van der Waals surface area (Å²) in [4.78, 5) is 10.4. The van der Waals surface area contributed by atoms with E-state index < -0.39 is 38.7 Å². The third-order valence-electron chi connectivity index (χ3n) is 4.99. The number of nitrogens with zero attached hydrogens (tertiary/aromatic N) is 2. The molecule has 0 spiro atoms. The van der Waals surface area contributed by atoms with Crippen molar-refractivity contribution >= 4 is 39.0 Å². The molecule has 2 N–H and O–H groups in total. The molecule has 0 amide bonds. The van der Waals surface area contributed by atoms with Crippen molar-refractivity contribution in [3.05, 3.63) is 47.0 Å². The lowest BCUT2D eigenvalue weighted by molar-refractivity contribution is -0.192. The second-order valence-corrected chi connectivity index (χ2v) is 9.58. The maximum Gasteiger partial charge on any atom is 0.490 e. The van der Waals surface area contributed by atoms with Crippen molar-refractivity contribution in [1.82, 2.24) is 5.32 Å². The molecule has 0 unspecified atom stereocenters. The molecule has 192 valence electrons. The molecular formula is C20H19ClF5N3O5S. The van der Waals surface area contributed by atoms with Crippen molar-refractivity contribution in [2.24, 2.45) is 0 Å². The number of fused-ring (bicyclic) bond motifs is 1. The number of piperazine rings is 1. The minimum atomic E-state index is -5.08. The molecule has 1 saturated heterocycles. The number of alkyl halides is 3. The number of benzene rings is 2. The standard InChI is InChI=1S/C18H18ClF2N3O3S.C2HF3O2/c19-12-9-15(23-5-3-22-4-6-23)18-16(10-12)24(7-8-27-18)28(25,26)17-2-1-13(20)11-14(17)21;3-2(4,5)1(6)7/h1-2,9-11,22H,3-8H2;(H,6,7). The second-order valence-electron chi connectivity index (χ2n) is 7.31. The number of carboxylic acids is 1. The van der Waals surface area contributed by atoms with Crippen molar-refractivity contribution in [3.8, 4) is 5.75 Å². The molecule has 2 aromatic carbocycles. The van der Waals surface area contributed by atoms with Crippen molar-refractivity contribution in [1.29, 1.82) is 0 Å². The lowest BCUT2D eigenvalue weighted by Crippen LogP contribution is -2.44. The van der Waals surface area contributed by atoms with Gasteiger partial charge in [0, 0.05) is 37.3 Å². The van der Waals surface area contributed by atoms with E-state index in [1.165, 1.54) is 6.07 Å². The summed E-state index contributed by atoms with van der Waals surface area (Å²) in [6.07, 6.45) is -5.08. The van der Waals surface area contributed by atoms with E-state index in [1.54, 1.807) is 6.07 Å². The van der Waals surface area contributed by atoms with Gasteiger partial charge in [-0.15, -0.1) is 0 Å². The monoisotopic (exact) mass is 543 g/mol. The van der Waals surface area contributed by atoms with E-state index in [-0.39, 0.29) is 18.8 Å². The first-order valence-electron chi connectivity index (χ1n) is 10.0. The first-order valence-corrected chi connectivity index (χ1v) is 11.8. The summed E-state index contributed by atoms with van der Waals surface area (Å²) in [7, 11) is -4.26. The van der Waals surface area contributed by atoms with Crippen LogP contribution in [0, 0.1) is 11.6 Å². The summed E-state index contributed by atoms with van der Waals surface area (Å²) in [6.45, 7) is 3.10. The zero-order valence-corrected chi connectivity index (χ0v) is 19.4. The zero-order valence-electron chi connectivity index (χ0n) is 17.8. The Kier molecular flexibility index (Phi) is 7.97. The average molecular weight is 544 g/mol. The summed E-state index contributed by atoms with van der Waals surface area (Å²) >= 11 is 6.27. The molecule has 0 saturated carbocycles. The Morgan fingerprint density at radius 1 is 1.06 bits per heavy atom. The fourth-order valence-electron chi connectivity index (χ4n) is 3.44. The number of halogens is 6. The Labute approximate surface area is 201 Å². The quantitative estimate of drug-likeness (QED) is 0.573. The summed E-state index contributed by atoms with van der Waals surface area (Å²) in [5, 5.41) is 10.7. The van der Waals surface area contributed by atoms with Gasteiger partial charge in [-0.1, -0.05) is 11.6 Å². The lowest BCUT2D eigenvalue weighted by atomic mass is 10.2. The highest BCUT2D eigenvalue weighted by Gasteiger charge is 2.38. The van der Waals surface area contributed by atoms with E-state index in [0.29, 0.717) is 22.5 Å². The Morgan fingerprint density at radius 3 is 2.23 bits per heavy atom. The van der Waals surface area contributed by atoms with Crippen LogP contribution in [-0.4, -0.2) is 65.0 Å². The predicted molar refractivity (Wildman–Crippen MR) is 117 cm³/mol. The maximum atomic E-state index is 14.2. The van der Waals surface area contributed by atoms with Gasteiger partial charge in [-0.05, 0) is 24.3 Å². The van der Waals surface area contributed by atoms with Gasteiger partial charge in [-0.2, -0.15) is 13.2 Å². The number of ether oxygens (including phenoxy) is 1. The normalized spacial score (nSPS) is 16.1. The largest absolute Gasteiger partial charge is 0.490 e. The van der Waals surface area contributed by atoms with Gasteiger partial charge in [0.2, 0.25) is 0 Å². The Bertz CT molecular complexity index is 1210. The average Bonchev–Trinajstić information content (AvgIpc) is 2.78. The smallest absolute Gasteiger partial charge is 0.487 e. The van der Waals surface area contributed by atoms with Crippen molar-refractivity contribution < 1.29 is 45.0 Å². The molecule has 15 heteroatoms. The number of aliphatic carboxylic acids is 1. The highest BCUT2D eigenvalue weighted by Crippen LogP contribution is 2.45. The number of hydrogen-bond donors (Lipinski definition) is 2. The molecular weight excluding hydrogens is 525 g/mol. The number of anilines is 2. The van der Waals surface area contributed by atoms with Gasteiger partial charge < -0.3 is 20.1 Å². The van der Waals surface area contributed by atoms with Crippen LogP contribution in [0.25, 0.3) is 0 Å². The van der Waals surface area contributed by atoms with Crippen LogP contribution in [0.4, 0.5) is 33.3 Å². The fraction of sp³-hybridized carbons (Fsp3) is 0.350. The number of carbonyl (C=O) groups is 1. The Balaban J connectivity index is 0.000000429. The van der Waals surface area contributed by atoms with Gasteiger partial charge in [0.1, 0.15) is 23.1 Å². The summed E-state index contributed by atoms with van der Waals surface area (Å²) in [5.74, 6) is -4.35. The van der Waals surface area contributed by atoms with Crippen LogP contribution in [-0.2, 0) is 14.8 Å². The number of hydrogen-bond acceptors (Lipinski definition) is 6. The zero-order chi connectivity index (χ0) is 26.0. The first-order chi connectivity index (χ1) is 16.3. The molecule has 8 nitrogen and oxygen atoms in total. The molecule has 0 radical (unpaired) electrons. The third kappa shape index (κ3) is 6.05. The van der Waals surface area contributed by atoms with Crippen LogP contribution in [0.2, 0.25) is 5.02 Å². The molecule has 4 rings (SSSR count). The predicted octanol–water partition coefficient (Wildman–Crippen LogP) is 3.25. The van der Waals surface area contributed by atoms with Gasteiger partial charge in [0.05, 0.1) is 17.9 Å². The number of rotatable bonds is 3. The molecule has 1 fully saturated rings. The lowest BCUT2D eigenvalue weighted by Gasteiger charge is -2.36. The maximum absolute atomic E-state index is 14.2. The van der Waals surface area contributed by atoms with Crippen molar-refractivity contribution in [2.75, 3.05) is 48.5 Å². The first kappa shape index (κ1) is 26.8. The molecule has 2 aliphatic rings. The van der Waals surface area contributed by atoms with Crippen LogP contribution in [0.5, 0.6) is 5.75 Å². The second kappa shape index (κ2) is 10.4. The molecule has 2 aromatic rings. The van der Waals surface area contributed by atoms with Gasteiger partial charge >= 0.3 is 12.1 Å². The van der Waals surface area contributed by atoms with Crippen LogP contribution < -0.4 is 19.3 Å². The van der Waals surface area contributed by atoms with Crippen LogP contribution in [0.1, 0.15) is 0 Å². The minimum absolute atomic E-state index is 0.00646. The van der Waals surface area contributed by atoms with E-state index in [4.69, 9.17) is 26.2 Å². The third-order valence-corrected chi connectivity index (χ3v) is 7.05. The van der Waals surface area contributed by atoms with Gasteiger partial charge in [0.25, 0.3) is 10.0 Å². The van der Waals surface area contributed by atoms with E-state index in [0.717, 1.165) is 42.6 Å². The summed E-state index contributed by atoms with van der Waals surface area (Å²) in [5.41, 5.74) is 0.944. The molecule has 0 bridgehead atoms. The number of sulfonamides is 1. The van der Waals surface area contributed by atoms with Gasteiger partial charge in [0.15, 0.2) is 5.75 Å². The summed E-state index contributed by atoms with van der Waals surface area (Å²) in [6, 6.07) is 5.62. The topological polar surface area (TPSA) is 99.2 Å². The molecule has 2 aliphatic heterocycles. The van der Waals surface area contributed by atoms with Gasteiger partial charge in [-0.25, -0.2) is 22.0 Å². The van der Waals surface area contributed by atoms with Crippen LogP contribution >= 0.6 is 11.6 Å². The fourth-order valence-corrected chi connectivity index (χ4v) is 5.14. The highest BCUT2D eigenvalue weighted by molar-refractivity contribution is 7.92. The SMILES string of the molecule is O=C(O)C(F)(F)F.O=S(=O)(c1ccc(F)cc1F)N1CCOc2c(N3CCNCC3)cc(Cl)cc21. The Morgan fingerprint density at radius 2 is 1.66 bits per heavy atom. The summed E-state index contributed by atoms with van der Waals surface area (Å²) < 4.78 is 92.3. The number of nitrogens with one attached hydrogen (secondary N) is 1. The molecule has 2 heterocycles. The van der Waals surface area contributed by atoms with E-state index >= 15 is 0 Å². The van der Waals surface area contributed by atoms with Crippen LogP contribution in [0.3, 0.4) is 0 Å². The molecule has 0 atom stereocenters. The van der Waals surface area contributed by atoms with Crippen LogP contribution in [0.15, 0.2) is 35.2 Å². The van der Waals surface area contributed by atoms with E-state index in [2.05, 4.69) is 10.2 Å². The highest BCUT2D eigenvalue weighted by atomic mass is 35.5. The van der Waals surface area contributed by atoms with Crippen molar-refractivity contribution in [3.63, 3.8) is 0 Å². The Hall–Kier alpha value is -2.84. The number of carboxylic acid groups (broad SMARTS) is 1.